The van der Waals surface area contributed by atoms with Crippen molar-refractivity contribution in [2.75, 3.05) is 0 Å². The predicted molar refractivity (Wildman–Crippen MR) is 183 cm³/mol. The van der Waals surface area contributed by atoms with E-state index in [4.69, 9.17) is 12.6 Å². The molecule has 1 heteroatoms. The molecule has 9 aromatic rings. The molecule has 0 amide bonds. The third kappa shape index (κ3) is 3.65. The summed E-state index contributed by atoms with van der Waals surface area (Å²) in [5.74, 6) is 0. The van der Waals surface area contributed by atoms with Crippen molar-refractivity contribution >= 4 is 54.3 Å². The van der Waals surface area contributed by atoms with E-state index in [1.807, 2.05) is 84.9 Å². The number of benzene rings is 8. The van der Waals surface area contributed by atoms with E-state index in [2.05, 4.69) is 30.3 Å². The zero-order chi connectivity index (χ0) is 34.4. The number of fused-ring (bicyclic) bond motifs is 6. The van der Waals surface area contributed by atoms with E-state index in [-0.39, 0.29) is 46.5 Å². The average Bonchev–Trinajstić information content (AvgIpc) is 3.53. The van der Waals surface area contributed by atoms with Gasteiger partial charge in [-0.2, -0.15) is 0 Å². The average molecular weight is 554 g/mol. The largest absolute Gasteiger partial charge is 0.455 e. The summed E-state index contributed by atoms with van der Waals surface area (Å²) in [5.41, 5.74) is 6.29. The standard InChI is InChI=1S/C42H26O/c1-2-13-28(14-3-1)37-25-29(26-38-31-18-10-11-24-39(31)43-42(37)38)40-33-19-6-8-21-35(33)41(36-22-9-7-20-34(36)40)32-23-12-16-27-15-4-5-17-30(27)32/h1-26H/i4D,5D,12D,15D,16D,17D,23D. The molecular weight excluding hydrogens is 520 g/mol. The van der Waals surface area contributed by atoms with E-state index in [1.165, 1.54) is 0 Å². The summed E-state index contributed by atoms with van der Waals surface area (Å²) in [4.78, 5) is 0. The lowest BCUT2D eigenvalue weighted by Gasteiger charge is -2.19. The summed E-state index contributed by atoms with van der Waals surface area (Å²) < 4.78 is 67.7. The van der Waals surface area contributed by atoms with E-state index in [0.717, 1.165) is 65.7 Å². The van der Waals surface area contributed by atoms with Crippen LogP contribution in [-0.2, 0) is 0 Å². The van der Waals surface area contributed by atoms with Gasteiger partial charge in [0.2, 0.25) is 0 Å². The Kier molecular flexibility index (Phi) is 3.95. The molecule has 0 unspecified atom stereocenters. The summed E-state index contributed by atoms with van der Waals surface area (Å²) in [6.45, 7) is 0. The van der Waals surface area contributed by atoms with Gasteiger partial charge in [0.05, 0.1) is 9.60 Å². The van der Waals surface area contributed by atoms with Crippen molar-refractivity contribution in [1.29, 1.82) is 0 Å². The molecule has 0 fully saturated rings. The molecular formula is C42H26O. The fraction of sp³-hybridized carbons (Fsp3) is 0. The van der Waals surface area contributed by atoms with Gasteiger partial charge in [0.15, 0.2) is 0 Å². The van der Waals surface area contributed by atoms with Crippen LogP contribution in [-0.4, -0.2) is 0 Å². The van der Waals surface area contributed by atoms with Crippen molar-refractivity contribution in [3.63, 3.8) is 0 Å². The van der Waals surface area contributed by atoms with Gasteiger partial charge in [0.25, 0.3) is 0 Å². The SMILES string of the molecule is [2H]c1c([2H])c([2H])c2c(-c3c4ccccc4c(-c4cc(-c5ccccc5)c5oc6ccccc6c5c4)c4ccccc34)c([2H])c([2H])c([2H])c2c1[2H]. The second-order valence-corrected chi connectivity index (χ2v) is 10.7. The van der Waals surface area contributed by atoms with Crippen LogP contribution in [0.2, 0.25) is 0 Å². The molecule has 0 saturated heterocycles. The van der Waals surface area contributed by atoms with Gasteiger partial charge in [-0.05, 0) is 78.3 Å². The molecule has 43 heavy (non-hydrogen) atoms. The first kappa shape index (κ1) is 18.0. The number of furan rings is 1. The van der Waals surface area contributed by atoms with Gasteiger partial charge < -0.3 is 4.42 Å². The molecule has 0 spiro atoms. The van der Waals surface area contributed by atoms with E-state index in [0.29, 0.717) is 5.56 Å². The Morgan fingerprint density at radius 2 is 1.02 bits per heavy atom. The van der Waals surface area contributed by atoms with Crippen molar-refractivity contribution in [1.82, 2.24) is 0 Å². The maximum absolute atomic E-state index is 9.22. The van der Waals surface area contributed by atoms with Gasteiger partial charge in [0, 0.05) is 16.3 Å². The first-order valence-corrected chi connectivity index (χ1v) is 14.2. The first-order valence-electron chi connectivity index (χ1n) is 17.7. The lowest BCUT2D eigenvalue weighted by atomic mass is 9.84. The Balaban J connectivity index is 1.48. The van der Waals surface area contributed by atoms with Gasteiger partial charge in [0.1, 0.15) is 11.2 Å². The second-order valence-electron chi connectivity index (χ2n) is 10.7. The Morgan fingerprint density at radius 3 is 1.77 bits per heavy atom. The van der Waals surface area contributed by atoms with Crippen molar-refractivity contribution in [3.8, 4) is 33.4 Å². The zero-order valence-electron chi connectivity index (χ0n) is 29.9. The number of hydrogen-bond donors (Lipinski definition) is 0. The molecule has 200 valence electrons. The molecule has 0 saturated carbocycles. The molecule has 0 atom stereocenters. The van der Waals surface area contributed by atoms with Crippen LogP contribution in [0.15, 0.2) is 162 Å². The lowest BCUT2D eigenvalue weighted by molar-refractivity contribution is 0.670. The maximum Gasteiger partial charge on any atom is 0.143 e. The van der Waals surface area contributed by atoms with Crippen molar-refractivity contribution < 1.29 is 14.0 Å². The summed E-state index contributed by atoms with van der Waals surface area (Å²) in [6.07, 6.45) is 0. The highest BCUT2D eigenvalue weighted by Gasteiger charge is 2.20. The molecule has 0 aliphatic rings. The highest BCUT2D eigenvalue weighted by Crippen LogP contribution is 2.47. The number of rotatable bonds is 3. The maximum atomic E-state index is 9.22. The van der Waals surface area contributed by atoms with Gasteiger partial charge in [-0.1, -0.05) is 139 Å². The van der Waals surface area contributed by atoms with Crippen LogP contribution in [0, 0.1) is 0 Å². The molecule has 1 heterocycles. The fourth-order valence-corrected chi connectivity index (χ4v) is 6.51. The minimum absolute atomic E-state index is 0.0611. The Bertz CT molecular complexity index is 2830. The van der Waals surface area contributed by atoms with Crippen molar-refractivity contribution in [3.05, 3.63) is 158 Å². The summed E-state index contributed by atoms with van der Waals surface area (Å²) in [6, 6.07) is 35.5. The highest BCUT2D eigenvalue weighted by atomic mass is 16.3. The van der Waals surface area contributed by atoms with Crippen molar-refractivity contribution in [2.24, 2.45) is 0 Å². The third-order valence-corrected chi connectivity index (χ3v) is 8.35. The van der Waals surface area contributed by atoms with E-state index < -0.39 is 12.1 Å². The van der Waals surface area contributed by atoms with Crippen molar-refractivity contribution in [2.45, 2.75) is 0 Å². The monoisotopic (exact) mass is 553 g/mol. The molecule has 0 aliphatic carbocycles. The van der Waals surface area contributed by atoms with E-state index in [1.54, 1.807) is 0 Å². The van der Waals surface area contributed by atoms with E-state index >= 15 is 0 Å². The number of hydrogen-bond acceptors (Lipinski definition) is 1. The molecule has 9 rings (SSSR count). The van der Waals surface area contributed by atoms with Gasteiger partial charge in [-0.3, -0.25) is 0 Å². The molecule has 0 N–H and O–H groups in total. The third-order valence-electron chi connectivity index (χ3n) is 8.35. The smallest absolute Gasteiger partial charge is 0.143 e. The predicted octanol–water partition coefficient (Wildman–Crippen LogP) is 12.0. The van der Waals surface area contributed by atoms with Crippen LogP contribution in [0.4, 0.5) is 0 Å². The minimum atomic E-state index is -0.472. The molecule has 1 aromatic heterocycles. The molecule has 0 aliphatic heterocycles. The highest BCUT2D eigenvalue weighted by molar-refractivity contribution is 6.24. The minimum Gasteiger partial charge on any atom is -0.455 e. The van der Waals surface area contributed by atoms with Gasteiger partial charge in [-0.15, -0.1) is 0 Å². The summed E-state index contributed by atoms with van der Waals surface area (Å²) in [7, 11) is 0. The number of para-hydroxylation sites is 1. The second kappa shape index (κ2) is 9.44. The Hall–Kier alpha value is -5.66. The normalized spacial score (nSPS) is 14.0. The van der Waals surface area contributed by atoms with Crippen LogP contribution in [0.25, 0.3) is 87.6 Å². The van der Waals surface area contributed by atoms with Crippen LogP contribution >= 0.6 is 0 Å². The summed E-state index contributed by atoms with van der Waals surface area (Å²) in [5, 5.41) is 5.28. The van der Waals surface area contributed by atoms with Crippen LogP contribution in [0.3, 0.4) is 0 Å². The zero-order valence-corrected chi connectivity index (χ0v) is 22.9. The molecule has 0 bridgehead atoms. The topological polar surface area (TPSA) is 13.1 Å². The lowest BCUT2D eigenvalue weighted by Crippen LogP contribution is -1.92. The van der Waals surface area contributed by atoms with Gasteiger partial charge in [-0.25, -0.2) is 0 Å². The van der Waals surface area contributed by atoms with E-state index in [9.17, 15) is 1.37 Å². The molecule has 0 radical (unpaired) electrons. The van der Waals surface area contributed by atoms with Crippen LogP contribution < -0.4 is 0 Å². The Labute approximate surface area is 259 Å². The van der Waals surface area contributed by atoms with Gasteiger partial charge >= 0.3 is 0 Å². The molecule has 8 aromatic carbocycles. The van der Waals surface area contributed by atoms with Crippen LogP contribution in [0.5, 0.6) is 0 Å². The Morgan fingerprint density at radius 1 is 0.419 bits per heavy atom. The quantitative estimate of drug-likeness (QED) is 0.198. The van der Waals surface area contributed by atoms with Crippen LogP contribution in [0.1, 0.15) is 9.60 Å². The molecule has 1 nitrogen and oxygen atoms in total. The fourth-order valence-electron chi connectivity index (χ4n) is 6.51. The first-order chi connectivity index (χ1) is 24.3. The summed E-state index contributed by atoms with van der Waals surface area (Å²) >= 11 is 0.